The molecule has 0 N–H and O–H groups in total. The lowest BCUT2D eigenvalue weighted by Crippen LogP contribution is -2.03. The van der Waals surface area contributed by atoms with E-state index in [2.05, 4.69) is 27.3 Å². The van der Waals surface area contributed by atoms with Crippen LogP contribution in [0.15, 0.2) is 325 Å². The molecule has 2 aromatic heterocycles. The quantitative estimate of drug-likeness (QED) is 0.0719. The molecule has 0 aliphatic carbocycles. The van der Waals surface area contributed by atoms with E-state index in [1.165, 1.54) is 24.3 Å². The lowest BCUT2D eigenvalue weighted by atomic mass is 10.0. The van der Waals surface area contributed by atoms with Gasteiger partial charge < -0.3 is 18.9 Å². The Balaban J connectivity index is 0.573. The van der Waals surface area contributed by atoms with E-state index in [1.807, 2.05) is 231 Å². The maximum Gasteiger partial charge on any atom is 0.206 e. The number of benzene rings is 13. The van der Waals surface area contributed by atoms with Crippen molar-refractivity contribution < 1.29 is 37.0 Å². The molecular formula is C84H58N4O8S. The summed E-state index contributed by atoms with van der Waals surface area (Å²) >= 11 is 0. The van der Waals surface area contributed by atoms with Gasteiger partial charge in [0.2, 0.25) is 9.84 Å². The first-order valence-electron chi connectivity index (χ1n) is 31.4. The van der Waals surface area contributed by atoms with Crippen molar-refractivity contribution in [3.8, 4) is 96.7 Å². The molecule has 0 spiro atoms. The first-order valence-corrected chi connectivity index (χ1v) is 32.9. The molecule has 15 aromatic rings. The summed E-state index contributed by atoms with van der Waals surface area (Å²) in [6, 6.07) is 97.9. The van der Waals surface area contributed by atoms with Gasteiger partial charge >= 0.3 is 0 Å². The van der Waals surface area contributed by atoms with Gasteiger partial charge in [0.15, 0.2) is 11.6 Å². The third-order valence-electron chi connectivity index (χ3n) is 17.0. The van der Waals surface area contributed by atoms with E-state index in [9.17, 15) is 18.0 Å². The summed E-state index contributed by atoms with van der Waals surface area (Å²) in [4.78, 5) is 38.1. The molecule has 0 fully saturated rings. The summed E-state index contributed by atoms with van der Waals surface area (Å²) in [7, 11) is -2.18. The molecule has 0 amide bonds. The fourth-order valence-electron chi connectivity index (χ4n) is 11.8. The van der Waals surface area contributed by atoms with E-state index >= 15 is 0 Å². The number of imidazole rings is 2. The number of fused-ring (bicyclic) bond motifs is 2. The van der Waals surface area contributed by atoms with Gasteiger partial charge in [-0.2, -0.15) is 0 Å². The SMILES string of the molecule is COc1ccc(-c2ccc(Oc3ccc(S(=O)(=O)c4ccc(Oc5ccc(-c6ccc(Oc7ccc(C(=O)c8ccc(-n9c(-c%10cccc(-c%11nc%12ccccc%12n%11-c%11ccc(C(=O)c%12ccc(C)cc%12)cc%11)c%10)nc%10ccccc%109)cc8)cc7)cc6)cc5)cc4)cc3)cc2)cc1. The Hall–Kier alpha value is -12.7. The molecule has 13 heteroatoms. The highest BCUT2D eigenvalue weighted by Crippen LogP contribution is 2.37. The van der Waals surface area contributed by atoms with Crippen molar-refractivity contribution in [3.05, 3.63) is 343 Å². The van der Waals surface area contributed by atoms with E-state index < -0.39 is 9.84 Å². The van der Waals surface area contributed by atoms with Gasteiger partial charge in [0.1, 0.15) is 51.9 Å². The second-order valence-corrected chi connectivity index (χ2v) is 25.2. The summed E-state index contributed by atoms with van der Waals surface area (Å²) in [5.74, 6) is 5.52. The van der Waals surface area contributed by atoms with Crippen LogP contribution in [-0.4, -0.2) is 46.2 Å². The molecule has 15 rings (SSSR count). The lowest BCUT2D eigenvalue weighted by molar-refractivity contribution is 0.103. The zero-order chi connectivity index (χ0) is 66.0. The van der Waals surface area contributed by atoms with Crippen LogP contribution in [0.5, 0.6) is 40.2 Å². The standard InChI is InChI=1S/C84H58N4O8S/c1-55-14-16-60(17-15-55)81(89)61-18-32-66(33-19-61)87-79-12-5-3-10-77(79)85-83(87)64-8-7-9-65(54-64)84-86-78-11-4-6-13-80(78)88(84)67-34-20-62(21-35-67)82(90)63-30-44-72(45-31-63)94-69-38-26-58(27-39-69)59-28-42-71(43-29-59)96-74-48-52-76(53-49-74)97(91,92)75-50-46-73(47-51-75)95-70-40-24-57(25-41-70)56-22-36-68(93-2)37-23-56/h3-54H,1-2H3. The fourth-order valence-corrected chi connectivity index (χ4v) is 13.1. The van der Waals surface area contributed by atoms with Gasteiger partial charge in [-0.05, 0) is 229 Å². The van der Waals surface area contributed by atoms with Crippen LogP contribution in [0.3, 0.4) is 0 Å². The highest BCUT2D eigenvalue weighted by atomic mass is 32.2. The zero-order valence-electron chi connectivity index (χ0n) is 52.5. The number of sulfone groups is 1. The van der Waals surface area contributed by atoms with Crippen LogP contribution < -0.4 is 18.9 Å². The van der Waals surface area contributed by atoms with E-state index in [0.29, 0.717) is 56.8 Å². The fraction of sp³-hybridized carbons (Fsp3) is 0.0238. The van der Waals surface area contributed by atoms with Crippen LogP contribution in [-0.2, 0) is 9.84 Å². The number of ketones is 2. The molecule has 0 saturated carbocycles. The van der Waals surface area contributed by atoms with Crippen molar-refractivity contribution in [2.45, 2.75) is 16.7 Å². The third kappa shape index (κ3) is 12.6. The first kappa shape index (κ1) is 60.5. The zero-order valence-corrected chi connectivity index (χ0v) is 53.3. The van der Waals surface area contributed by atoms with Crippen molar-refractivity contribution in [3.63, 3.8) is 0 Å². The summed E-state index contributed by atoms with van der Waals surface area (Å²) in [6.45, 7) is 2.01. The van der Waals surface area contributed by atoms with Gasteiger partial charge in [-0.3, -0.25) is 18.7 Å². The van der Waals surface area contributed by atoms with E-state index in [4.69, 9.17) is 28.9 Å². The molecule has 0 saturated heterocycles. The third-order valence-corrected chi connectivity index (χ3v) is 18.8. The van der Waals surface area contributed by atoms with Crippen LogP contribution in [0.4, 0.5) is 0 Å². The molecule has 0 aliphatic heterocycles. The molecule has 2 heterocycles. The summed E-state index contributed by atoms with van der Waals surface area (Å²) in [5.41, 5.74) is 14.4. The van der Waals surface area contributed by atoms with Crippen LogP contribution in [0.2, 0.25) is 0 Å². The number of carbonyl (C=O) groups excluding carboxylic acids is 2. The molecule has 0 atom stereocenters. The van der Waals surface area contributed by atoms with Crippen molar-refractivity contribution in [1.29, 1.82) is 0 Å². The van der Waals surface area contributed by atoms with Crippen LogP contribution in [0.1, 0.15) is 37.4 Å². The maximum atomic E-state index is 14.0. The smallest absolute Gasteiger partial charge is 0.206 e. The normalized spacial score (nSPS) is 11.4. The number of carbonyl (C=O) groups is 2. The lowest BCUT2D eigenvalue weighted by Gasteiger charge is -2.13. The number of para-hydroxylation sites is 4. The maximum absolute atomic E-state index is 14.0. The van der Waals surface area contributed by atoms with Gasteiger partial charge in [-0.1, -0.05) is 121 Å². The summed E-state index contributed by atoms with van der Waals surface area (Å²) < 4.78 is 55.1. The number of methoxy groups -OCH3 is 1. The molecule has 12 nitrogen and oxygen atoms in total. The Kier molecular flexibility index (Phi) is 16.2. The average molecular weight is 1280 g/mol. The molecule has 97 heavy (non-hydrogen) atoms. The van der Waals surface area contributed by atoms with Crippen molar-refractivity contribution in [2.75, 3.05) is 7.11 Å². The molecule has 0 bridgehead atoms. The molecule has 0 unspecified atom stereocenters. The monoisotopic (exact) mass is 1280 g/mol. The molecule has 468 valence electrons. The second kappa shape index (κ2) is 26.0. The minimum absolute atomic E-state index is 0.0350. The Morgan fingerprint density at radius 2 is 0.619 bits per heavy atom. The van der Waals surface area contributed by atoms with Crippen LogP contribution in [0.25, 0.3) is 78.5 Å². The Labute approximate surface area is 560 Å². The number of hydrogen-bond donors (Lipinski definition) is 0. The number of rotatable bonds is 19. The Morgan fingerprint density at radius 3 is 0.969 bits per heavy atom. The van der Waals surface area contributed by atoms with Crippen molar-refractivity contribution in [2.24, 2.45) is 0 Å². The van der Waals surface area contributed by atoms with E-state index in [1.54, 1.807) is 55.6 Å². The van der Waals surface area contributed by atoms with Gasteiger partial charge in [-0.25, -0.2) is 18.4 Å². The second-order valence-electron chi connectivity index (χ2n) is 23.3. The largest absolute Gasteiger partial charge is 0.497 e. The Morgan fingerprint density at radius 1 is 0.320 bits per heavy atom. The van der Waals surface area contributed by atoms with Crippen LogP contribution in [0, 0.1) is 6.92 Å². The summed E-state index contributed by atoms with van der Waals surface area (Å²) in [5, 5.41) is 0. The minimum atomic E-state index is -3.82. The Bertz CT molecular complexity index is 5500. The van der Waals surface area contributed by atoms with Gasteiger partial charge in [-0.15, -0.1) is 0 Å². The number of ether oxygens (including phenoxy) is 4. The number of hydrogen-bond acceptors (Lipinski definition) is 10. The molecule has 0 aliphatic rings. The molecular weight excluding hydrogens is 1230 g/mol. The first-order chi connectivity index (χ1) is 47.4. The number of aryl methyl sites for hydroxylation is 1. The van der Waals surface area contributed by atoms with E-state index in [-0.39, 0.29) is 21.4 Å². The highest BCUT2D eigenvalue weighted by Gasteiger charge is 2.22. The van der Waals surface area contributed by atoms with Crippen molar-refractivity contribution >= 4 is 43.5 Å². The number of aromatic nitrogens is 4. The van der Waals surface area contributed by atoms with Crippen molar-refractivity contribution in [1.82, 2.24) is 19.1 Å². The van der Waals surface area contributed by atoms with Gasteiger partial charge in [0, 0.05) is 44.8 Å². The highest BCUT2D eigenvalue weighted by molar-refractivity contribution is 7.91. The van der Waals surface area contributed by atoms with Gasteiger partial charge in [0.05, 0.1) is 39.0 Å². The predicted octanol–water partition coefficient (Wildman–Crippen LogP) is 20.0. The topological polar surface area (TPSA) is 141 Å². The summed E-state index contributed by atoms with van der Waals surface area (Å²) in [6.07, 6.45) is 0. The molecule has 13 aromatic carbocycles. The average Bonchev–Trinajstić information content (AvgIpc) is 1.64. The number of nitrogens with zero attached hydrogens (tertiary/aromatic N) is 4. The minimum Gasteiger partial charge on any atom is -0.497 e. The molecule has 0 radical (unpaired) electrons. The van der Waals surface area contributed by atoms with E-state index in [0.717, 1.165) is 89.8 Å². The van der Waals surface area contributed by atoms with Gasteiger partial charge in [0.25, 0.3) is 0 Å². The van der Waals surface area contributed by atoms with Crippen LogP contribution >= 0.6 is 0 Å². The predicted molar refractivity (Wildman–Crippen MR) is 380 cm³/mol.